The van der Waals surface area contributed by atoms with Crippen LogP contribution in [0.25, 0.3) is 0 Å². The second kappa shape index (κ2) is 7.34. The van der Waals surface area contributed by atoms with Crippen LogP contribution in [0.4, 0.5) is 5.69 Å². The first-order valence-electron chi connectivity index (χ1n) is 9.79. The van der Waals surface area contributed by atoms with Crippen LogP contribution in [0, 0.1) is 0 Å². The van der Waals surface area contributed by atoms with Crippen LogP contribution in [0.15, 0.2) is 88.7 Å². The maximum absolute atomic E-state index is 13.1. The Balaban J connectivity index is 1.83. The van der Waals surface area contributed by atoms with E-state index >= 15 is 0 Å². The minimum Gasteiger partial charge on any atom is -0.503 e. The van der Waals surface area contributed by atoms with Crippen LogP contribution in [0.3, 0.4) is 0 Å². The maximum Gasteiger partial charge on any atom is 0.294 e. The molecule has 30 heavy (non-hydrogen) atoms. The molecule has 4 rings (SSSR count). The number of ketones is 1. The standard InChI is InChI=1S/C25H23NO4/c1-25(2,3)17-11-13-18(14-12-17)26-21(16-8-5-4-6-9-16)20(23(28)24(26)29)22(27)19-10-7-15-30-19/h4-15,21,28H,1-3H3. The lowest BCUT2D eigenvalue weighted by Gasteiger charge is -2.27. The van der Waals surface area contributed by atoms with Crippen molar-refractivity contribution in [1.29, 1.82) is 0 Å². The van der Waals surface area contributed by atoms with Crippen LogP contribution in [0.1, 0.15) is 48.5 Å². The smallest absolute Gasteiger partial charge is 0.294 e. The van der Waals surface area contributed by atoms with Crippen molar-refractivity contribution in [3.63, 3.8) is 0 Å². The van der Waals surface area contributed by atoms with E-state index < -0.39 is 23.5 Å². The molecule has 0 radical (unpaired) electrons. The van der Waals surface area contributed by atoms with Gasteiger partial charge in [0, 0.05) is 5.69 Å². The molecular formula is C25H23NO4. The molecule has 2 heterocycles. The van der Waals surface area contributed by atoms with Gasteiger partial charge in [-0.05, 0) is 40.8 Å². The monoisotopic (exact) mass is 401 g/mol. The first-order chi connectivity index (χ1) is 14.3. The summed E-state index contributed by atoms with van der Waals surface area (Å²) in [4.78, 5) is 27.7. The van der Waals surface area contributed by atoms with Crippen LogP contribution in [-0.4, -0.2) is 16.8 Å². The van der Waals surface area contributed by atoms with Gasteiger partial charge < -0.3 is 9.52 Å². The molecule has 1 aliphatic heterocycles. The molecule has 0 fully saturated rings. The summed E-state index contributed by atoms with van der Waals surface area (Å²) < 4.78 is 5.24. The van der Waals surface area contributed by atoms with E-state index in [0.717, 1.165) is 11.1 Å². The Hall–Kier alpha value is -3.60. The third kappa shape index (κ3) is 3.32. The second-order valence-corrected chi connectivity index (χ2v) is 8.35. The number of rotatable bonds is 4. The van der Waals surface area contributed by atoms with Gasteiger partial charge in [-0.3, -0.25) is 14.5 Å². The summed E-state index contributed by atoms with van der Waals surface area (Å²) in [6.45, 7) is 6.34. The Kier molecular flexibility index (Phi) is 4.82. The van der Waals surface area contributed by atoms with Crippen molar-refractivity contribution in [3.8, 4) is 0 Å². The summed E-state index contributed by atoms with van der Waals surface area (Å²) in [6, 6.07) is 19.2. The van der Waals surface area contributed by atoms with Gasteiger partial charge >= 0.3 is 0 Å². The number of nitrogens with zero attached hydrogens (tertiary/aromatic N) is 1. The van der Waals surface area contributed by atoms with Gasteiger partial charge in [-0.25, -0.2) is 0 Å². The van der Waals surface area contributed by atoms with E-state index in [9.17, 15) is 14.7 Å². The highest BCUT2D eigenvalue weighted by Crippen LogP contribution is 2.42. The molecule has 0 saturated heterocycles. The minimum atomic E-state index is -0.753. The lowest BCUT2D eigenvalue weighted by molar-refractivity contribution is -0.117. The van der Waals surface area contributed by atoms with Crippen LogP contribution in [-0.2, 0) is 10.2 Å². The quantitative estimate of drug-likeness (QED) is 0.598. The summed E-state index contributed by atoms with van der Waals surface area (Å²) >= 11 is 0. The van der Waals surface area contributed by atoms with Crippen LogP contribution in [0.5, 0.6) is 0 Å². The molecule has 3 aromatic rings. The van der Waals surface area contributed by atoms with Gasteiger partial charge in [-0.2, -0.15) is 0 Å². The van der Waals surface area contributed by atoms with E-state index in [2.05, 4.69) is 20.8 Å². The lowest BCUT2D eigenvalue weighted by atomic mass is 9.87. The van der Waals surface area contributed by atoms with Crippen molar-refractivity contribution >= 4 is 17.4 Å². The van der Waals surface area contributed by atoms with Gasteiger partial charge in [0.25, 0.3) is 5.91 Å². The average molecular weight is 401 g/mol. The normalized spacial score (nSPS) is 17.0. The molecule has 152 valence electrons. The van der Waals surface area contributed by atoms with E-state index in [1.165, 1.54) is 17.2 Å². The van der Waals surface area contributed by atoms with Crippen molar-refractivity contribution < 1.29 is 19.1 Å². The maximum atomic E-state index is 13.1. The van der Waals surface area contributed by atoms with Crippen LogP contribution >= 0.6 is 0 Å². The summed E-state index contributed by atoms with van der Waals surface area (Å²) in [5.41, 5.74) is 2.44. The highest BCUT2D eigenvalue weighted by Gasteiger charge is 2.45. The van der Waals surface area contributed by atoms with Crippen molar-refractivity contribution in [2.24, 2.45) is 0 Å². The van der Waals surface area contributed by atoms with E-state index in [1.807, 2.05) is 54.6 Å². The van der Waals surface area contributed by atoms with Gasteiger partial charge in [0.2, 0.25) is 5.78 Å². The van der Waals surface area contributed by atoms with Crippen LogP contribution in [0.2, 0.25) is 0 Å². The molecule has 0 spiro atoms. The average Bonchev–Trinajstić information content (AvgIpc) is 3.35. The van der Waals surface area contributed by atoms with Crippen molar-refractivity contribution in [1.82, 2.24) is 0 Å². The number of furan rings is 1. The molecule has 0 saturated carbocycles. The zero-order chi connectivity index (χ0) is 21.5. The minimum absolute atomic E-state index is 0.0149. The summed E-state index contributed by atoms with van der Waals surface area (Å²) in [7, 11) is 0. The van der Waals surface area contributed by atoms with Gasteiger partial charge in [-0.15, -0.1) is 0 Å². The first-order valence-corrected chi connectivity index (χ1v) is 9.79. The highest BCUT2D eigenvalue weighted by atomic mass is 16.3. The molecule has 1 aliphatic rings. The Labute approximate surface area is 175 Å². The van der Waals surface area contributed by atoms with Crippen molar-refractivity contribution in [2.45, 2.75) is 32.2 Å². The first kappa shape index (κ1) is 19.7. The molecule has 0 bridgehead atoms. The van der Waals surface area contributed by atoms with Gasteiger partial charge in [-0.1, -0.05) is 63.2 Å². The summed E-state index contributed by atoms with van der Waals surface area (Å²) in [5, 5.41) is 10.7. The molecule has 1 N–H and O–H groups in total. The highest BCUT2D eigenvalue weighted by molar-refractivity contribution is 6.20. The summed E-state index contributed by atoms with van der Waals surface area (Å²) in [6.07, 6.45) is 1.39. The molecule has 1 atom stereocenters. The topological polar surface area (TPSA) is 70.8 Å². The Morgan fingerprint density at radius 3 is 2.20 bits per heavy atom. The number of anilines is 1. The molecule has 0 aliphatic carbocycles. The number of hydrogen-bond acceptors (Lipinski definition) is 4. The van der Waals surface area contributed by atoms with E-state index in [0.29, 0.717) is 5.69 Å². The largest absolute Gasteiger partial charge is 0.503 e. The molecule has 1 aromatic heterocycles. The van der Waals surface area contributed by atoms with Gasteiger partial charge in [0.15, 0.2) is 11.5 Å². The fourth-order valence-electron chi connectivity index (χ4n) is 3.72. The second-order valence-electron chi connectivity index (χ2n) is 8.35. The predicted molar refractivity (Wildman–Crippen MR) is 115 cm³/mol. The van der Waals surface area contributed by atoms with Crippen molar-refractivity contribution in [3.05, 3.63) is 101 Å². The summed E-state index contributed by atoms with van der Waals surface area (Å²) in [5.74, 6) is -1.59. The molecule has 5 nitrogen and oxygen atoms in total. The van der Waals surface area contributed by atoms with Gasteiger partial charge in [0.05, 0.1) is 17.9 Å². The zero-order valence-corrected chi connectivity index (χ0v) is 17.1. The number of carbonyl (C=O) groups excluding carboxylic acids is 2. The molecule has 1 amide bonds. The van der Waals surface area contributed by atoms with E-state index in [1.54, 1.807) is 6.07 Å². The molecule has 2 aromatic carbocycles. The predicted octanol–water partition coefficient (Wildman–Crippen LogP) is 5.36. The number of carbonyl (C=O) groups is 2. The SMILES string of the molecule is CC(C)(C)c1ccc(N2C(=O)C(O)=C(C(=O)c3ccco3)C2c2ccccc2)cc1. The van der Waals surface area contributed by atoms with Crippen LogP contribution < -0.4 is 4.90 Å². The third-order valence-electron chi connectivity index (χ3n) is 5.32. The number of aliphatic hydroxyl groups is 1. The number of amides is 1. The fourth-order valence-corrected chi connectivity index (χ4v) is 3.72. The molecule has 5 heteroatoms. The Morgan fingerprint density at radius 2 is 1.63 bits per heavy atom. The fraction of sp³-hybridized carbons (Fsp3) is 0.200. The number of Topliss-reactive ketones (excluding diaryl/α,β-unsaturated/α-hetero) is 1. The zero-order valence-electron chi connectivity index (χ0n) is 17.1. The lowest BCUT2D eigenvalue weighted by Crippen LogP contribution is -2.31. The van der Waals surface area contributed by atoms with Crippen molar-refractivity contribution in [2.75, 3.05) is 4.90 Å². The Bertz CT molecular complexity index is 1100. The van der Waals surface area contributed by atoms with E-state index in [-0.39, 0.29) is 16.7 Å². The number of benzene rings is 2. The van der Waals surface area contributed by atoms with E-state index in [4.69, 9.17) is 4.42 Å². The molecule has 1 unspecified atom stereocenters. The number of aliphatic hydroxyl groups excluding tert-OH is 1. The Morgan fingerprint density at radius 1 is 0.967 bits per heavy atom. The molecular weight excluding hydrogens is 378 g/mol. The third-order valence-corrected chi connectivity index (χ3v) is 5.32. The number of hydrogen-bond donors (Lipinski definition) is 1. The van der Waals surface area contributed by atoms with Gasteiger partial charge in [0.1, 0.15) is 0 Å².